The summed E-state index contributed by atoms with van der Waals surface area (Å²) in [5.74, 6) is -0.921. The van der Waals surface area contributed by atoms with Crippen molar-refractivity contribution in [1.29, 1.82) is 0 Å². The highest BCUT2D eigenvalue weighted by Gasteiger charge is 1.95. The zero-order valence-corrected chi connectivity index (χ0v) is 8.29. The monoisotopic (exact) mass is 186 g/mol. The van der Waals surface area contributed by atoms with E-state index in [1.54, 1.807) is 0 Å². The quantitative estimate of drug-likeness (QED) is 0.449. The van der Waals surface area contributed by atoms with Crippen LogP contribution in [0.1, 0.15) is 13.8 Å². The van der Waals surface area contributed by atoms with E-state index in [1.165, 1.54) is 6.20 Å². The van der Waals surface area contributed by atoms with Crippen molar-refractivity contribution in [2.45, 2.75) is 13.8 Å². The molecule has 0 atom stereocenters. The van der Waals surface area contributed by atoms with Crippen molar-refractivity contribution in [3.8, 4) is 0 Å². The van der Waals surface area contributed by atoms with Gasteiger partial charge in [0.05, 0.1) is 0 Å². The van der Waals surface area contributed by atoms with Gasteiger partial charge in [-0.1, -0.05) is 13.8 Å². The van der Waals surface area contributed by atoms with Gasteiger partial charge in [-0.15, -0.1) is 0 Å². The smallest absolute Gasteiger partial charge is 0.329 e. The molecule has 0 radical (unpaired) electrons. The van der Waals surface area contributed by atoms with Gasteiger partial charge in [-0.2, -0.15) is 0 Å². The first-order chi connectivity index (χ1) is 6.20. The summed E-state index contributed by atoms with van der Waals surface area (Å²) in [6.45, 7) is 8.00. The van der Waals surface area contributed by atoms with Crippen LogP contribution in [0.4, 0.5) is 0 Å². The summed E-state index contributed by atoms with van der Waals surface area (Å²) in [6.07, 6.45) is 2.56. The van der Waals surface area contributed by atoms with Gasteiger partial charge in [0.25, 0.3) is 0 Å². The predicted molar refractivity (Wildman–Crippen MR) is 52.6 cm³/mol. The third kappa shape index (κ3) is 7.33. The lowest BCUT2D eigenvalue weighted by molar-refractivity contribution is -0.131. The predicted octanol–water partition coefficient (Wildman–Crippen LogP) is 0.516. The minimum atomic E-state index is -0.921. The molecule has 0 bridgehead atoms. The molecule has 4 nitrogen and oxygen atoms in total. The fourth-order valence-corrected chi connectivity index (χ4v) is 0.976. The van der Waals surface area contributed by atoms with Crippen LogP contribution in [0.25, 0.3) is 0 Å². The molecule has 0 spiro atoms. The Bertz CT molecular complexity index is 165. The van der Waals surface area contributed by atoms with Gasteiger partial charge in [0.1, 0.15) is 0 Å². The van der Waals surface area contributed by atoms with E-state index in [4.69, 9.17) is 5.11 Å². The molecule has 0 heterocycles. The molecule has 0 aromatic carbocycles. The SMILES string of the molecule is CCN(CC)CCN/C=C/C(=O)O. The lowest BCUT2D eigenvalue weighted by Crippen LogP contribution is -2.30. The highest BCUT2D eigenvalue weighted by Crippen LogP contribution is 1.83. The van der Waals surface area contributed by atoms with Crippen molar-refractivity contribution in [1.82, 2.24) is 10.2 Å². The maximum atomic E-state index is 10.1. The molecule has 0 aromatic heterocycles. The number of likely N-dealkylation sites (N-methyl/N-ethyl adjacent to an activating group) is 1. The molecule has 2 N–H and O–H groups in total. The average molecular weight is 186 g/mol. The molecule has 0 saturated heterocycles. The summed E-state index contributed by atoms with van der Waals surface area (Å²) < 4.78 is 0. The first-order valence-corrected chi connectivity index (χ1v) is 4.55. The molecule has 0 aromatic rings. The van der Waals surface area contributed by atoms with Crippen molar-refractivity contribution < 1.29 is 9.90 Å². The standard InChI is InChI=1S/C9H18N2O2/c1-3-11(4-2)8-7-10-6-5-9(12)13/h5-6,10H,3-4,7-8H2,1-2H3,(H,12,13)/b6-5+. The van der Waals surface area contributed by atoms with E-state index in [1.807, 2.05) is 0 Å². The van der Waals surface area contributed by atoms with Gasteiger partial charge in [0, 0.05) is 25.4 Å². The molecule has 0 aliphatic rings. The summed E-state index contributed by atoms with van der Waals surface area (Å²) in [5, 5.41) is 11.2. The molecule has 76 valence electrons. The van der Waals surface area contributed by atoms with E-state index in [0.717, 1.165) is 32.3 Å². The Labute approximate surface area is 79.2 Å². The van der Waals surface area contributed by atoms with Crippen LogP contribution in [-0.2, 0) is 4.79 Å². The number of carboxylic acids is 1. The van der Waals surface area contributed by atoms with E-state index in [-0.39, 0.29) is 0 Å². The Morgan fingerprint density at radius 1 is 1.46 bits per heavy atom. The normalized spacial score (nSPS) is 11.0. The molecule has 13 heavy (non-hydrogen) atoms. The fraction of sp³-hybridized carbons (Fsp3) is 0.667. The number of hydrogen-bond acceptors (Lipinski definition) is 3. The Morgan fingerprint density at radius 2 is 2.08 bits per heavy atom. The van der Waals surface area contributed by atoms with Crippen LogP contribution in [0, 0.1) is 0 Å². The van der Waals surface area contributed by atoms with E-state index in [0.29, 0.717) is 0 Å². The molecular formula is C9H18N2O2. The van der Waals surface area contributed by atoms with Crippen molar-refractivity contribution >= 4 is 5.97 Å². The summed E-state index contributed by atoms with van der Waals surface area (Å²) in [4.78, 5) is 12.3. The van der Waals surface area contributed by atoms with Gasteiger partial charge in [0.2, 0.25) is 0 Å². The summed E-state index contributed by atoms with van der Waals surface area (Å²) >= 11 is 0. The second-order valence-corrected chi connectivity index (χ2v) is 2.65. The van der Waals surface area contributed by atoms with Crippen molar-refractivity contribution in [3.63, 3.8) is 0 Å². The third-order valence-corrected chi connectivity index (χ3v) is 1.81. The Balaban J connectivity index is 3.39. The molecular weight excluding hydrogens is 168 g/mol. The van der Waals surface area contributed by atoms with Crippen LogP contribution in [0.3, 0.4) is 0 Å². The number of aliphatic carboxylic acids is 1. The van der Waals surface area contributed by atoms with Crippen LogP contribution in [0.2, 0.25) is 0 Å². The average Bonchev–Trinajstić information content (AvgIpc) is 2.11. The first kappa shape index (κ1) is 12.0. The number of carbonyl (C=O) groups is 1. The van der Waals surface area contributed by atoms with Crippen LogP contribution < -0.4 is 5.32 Å². The maximum absolute atomic E-state index is 10.1. The van der Waals surface area contributed by atoms with Crippen molar-refractivity contribution in [2.75, 3.05) is 26.2 Å². The minimum absolute atomic E-state index is 0.783. The topological polar surface area (TPSA) is 52.6 Å². The summed E-state index contributed by atoms with van der Waals surface area (Å²) in [5.41, 5.74) is 0. The Morgan fingerprint density at radius 3 is 2.54 bits per heavy atom. The van der Waals surface area contributed by atoms with Gasteiger partial charge in [-0.25, -0.2) is 4.79 Å². The minimum Gasteiger partial charge on any atom is -0.478 e. The third-order valence-electron chi connectivity index (χ3n) is 1.81. The lowest BCUT2D eigenvalue weighted by atomic mass is 10.4. The second kappa shape index (κ2) is 7.61. The highest BCUT2D eigenvalue weighted by atomic mass is 16.4. The molecule has 0 aliphatic heterocycles. The molecule has 0 saturated carbocycles. The maximum Gasteiger partial charge on any atom is 0.329 e. The summed E-state index contributed by atoms with van der Waals surface area (Å²) in [7, 11) is 0. The fourth-order valence-electron chi connectivity index (χ4n) is 0.976. The van der Waals surface area contributed by atoms with Crippen molar-refractivity contribution in [2.24, 2.45) is 0 Å². The molecule has 0 unspecified atom stereocenters. The van der Waals surface area contributed by atoms with Gasteiger partial charge in [-0.05, 0) is 13.1 Å². The molecule has 0 fully saturated rings. The zero-order chi connectivity index (χ0) is 10.1. The van der Waals surface area contributed by atoms with Gasteiger partial charge < -0.3 is 15.3 Å². The van der Waals surface area contributed by atoms with Crippen LogP contribution in [-0.4, -0.2) is 42.2 Å². The molecule has 4 heteroatoms. The number of nitrogens with one attached hydrogen (secondary N) is 1. The largest absolute Gasteiger partial charge is 0.478 e. The lowest BCUT2D eigenvalue weighted by Gasteiger charge is -2.17. The van der Waals surface area contributed by atoms with Crippen molar-refractivity contribution in [3.05, 3.63) is 12.3 Å². The highest BCUT2D eigenvalue weighted by molar-refractivity contribution is 5.79. The van der Waals surface area contributed by atoms with E-state index < -0.39 is 5.97 Å². The molecule has 0 aliphatic carbocycles. The van der Waals surface area contributed by atoms with Gasteiger partial charge in [0.15, 0.2) is 0 Å². The molecule has 0 amide bonds. The second-order valence-electron chi connectivity index (χ2n) is 2.65. The number of hydrogen-bond donors (Lipinski definition) is 2. The first-order valence-electron chi connectivity index (χ1n) is 4.55. The van der Waals surface area contributed by atoms with Crippen LogP contribution in [0.5, 0.6) is 0 Å². The Kier molecular flexibility index (Phi) is 7.01. The molecule has 0 rings (SSSR count). The number of carboxylic acid groups (broad SMARTS) is 1. The van der Waals surface area contributed by atoms with E-state index in [9.17, 15) is 4.79 Å². The van der Waals surface area contributed by atoms with Crippen LogP contribution in [0.15, 0.2) is 12.3 Å². The number of rotatable bonds is 7. The van der Waals surface area contributed by atoms with Gasteiger partial charge in [-0.3, -0.25) is 0 Å². The van der Waals surface area contributed by atoms with Gasteiger partial charge >= 0.3 is 5.97 Å². The Hall–Kier alpha value is -1.03. The zero-order valence-electron chi connectivity index (χ0n) is 8.29. The van der Waals surface area contributed by atoms with E-state index in [2.05, 4.69) is 24.1 Å². The number of nitrogens with zero attached hydrogens (tertiary/aromatic N) is 1. The summed E-state index contributed by atoms with van der Waals surface area (Å²) in [6, 6.07) is 0. The van der Waals surface area contributed by atoms with Crippen LogP contribution >= 0.6 is 0 Å². The van der Waals surface area contributed by atoms with E-state index >= 15 is 0 Å².